The molecule has 0 radical (unpaired) electrons. The van der Waals surface area contributed by atoms with Gasteiger partial charge in [-0.15, -0.1) is 0 Å². The van der Waals surface area contributed by atoms with Crippen LogP contribution in [0, 0.1) is 0 Å². The number of aliphatic hydroxyl groups is 2. The van der Waals surface area contributed by atoms with Gasteiger partial charge in [-0.25, -0.2) is 8.42 Å². The number of amides is 1. The zero-order valence-electron chi connectivity index (χ0n) is 14.0. The van der Waals surface area contributed by atoms with Gasteiger partial charge in [-0.2, -0.15) is 0 Å². The number of nitrogens with zero attached hydrogens (tertiary/aromatic N) is 2. The van der Waals surface area contributed by atoms with Gasteiger partial charge in [0.2, 0.25) is 5.91 Å². The highest BCUT2D eigenvalue weighted by atomic mass is 32.2. The van der Waals surface area contributed by atoms with Crippen LogP contribution >= 0.6 is 0 Å². The van der Waals surface area contributed by atoms with Crippen LogP contribution in [0.2, 0.25) is 0 Å². The number of β-amino-alcohol motifs (C(OH)–C–C–N with tert-alkyl or cyclic N) is 1. The average Bonchev–Trinajstić information content (AvgIpc) is 3.21. The first-order valence-electron chi connectivity index (χ1n) is 8.94. The van der Waals surface area contributed by atoms with Gasteiger partial charge in [-0.05, 0) is 25.7 Å². The molecule has 0 aromatic heterocycles. The summed E-state index contributed by atoms with van der Waals surface area (Å²) in [5, 5.41) is 19.2. The Balaban J connectivity index is 1.71. The van der Waals surface area contributed by atoms with E-state index in [-0.39, 0.29) is 48.7 Å². The SMILES string of the molecule is O=C(CN1C[C@H](O)C[C@@H]1CO)N(C1CCCC1)[C@H]1CCS(=O)(=O)C1. The quantitative estimate of drug-likeness (QED) is 0.678. The Kier molecular flexibility index (Phi) is 5.48. The van der Waals surface area contributed by atoms with E-state index >= 15 is 0 Å². The van der Waals surface area contributed by atoms with E-state index in [9.17, 15) is 23.4 Å². The van der Waals surface area contributed by atoms with Crippen molar-refractivity contribution >= 4 is 15.7 Å². The summed E-state index contributed by atoms with van der Waals surface area (Å²) in [5.74, 6) is 0.175. The van der Waals surface area contributed by atoms with Gasteiger partial charge < -0.3 is 15.1 Å². The van der Waals surface area contributed by atoms with Crippen molar-refractivity contribution in [1.29, 1.82) is 0 Å². The number of hydrogen-bond acceptors (Lipinski definition) is 6. The molecule has 0 unspecified atom stereocenters. The lowest BCUT2D eigenvalue weighted by molar-refractivity contribution is -0.137. The second kappa shape index (κ2) is 7.27. The van der Waals surface area contributed by atoms with Crippen molar-refractivity contribution in [3.8, 4) is 0 Å². The summed E-state index contributed by atoms with van der Waals surface area (Å²) in [4.78, 5) is 16.6. The predicted octanol–water partition coefficient (Wildman–Crippen LogP) is -0.628. The van der Waals surface area contributed by atoms with Gasteiger partial charge in [0, 0.05) is 24.7 Å². The van der Waals surface area contributed by atoms with Crippen LogP contribution in [0.4, 0.5) is 0 Å². The maximum absolute atomic E-state index is 13.0. The molecule has 3 aliphatic rings. The molecule has 24 heavy (non-hydrogen) atoms. The molecule has 2 N–H and O–H groups in total. The molecule has 2 aliphatic heterocycles. The molecular formula is C16H28N2O5S. The molecule has 8 heteroatoms. The van der Waals surface area contributed by atoms with Crippen molar-refractivity contribution < 1.29 is 23.4 Å². The third-order valence-corrected chi connectivity index (χ3v) is 7.41. The van der Waals surface area contributed by atoms with E-state index in [2.05, 4.69) is 0 Å². The van der Waals surface area contributed by atoms with Crippen molar-refractivity contribution in [2.24, 2.45) is 0 Å². The van der Waals surface area contributed by atoms with Crippen LogP contribution in [0.5, 0.6) is 0 Å². The molecular weight excluding hydrogens is 332 g/mol. The maximum atomic E-state index is 13.0. The van der Waals surface area contributed by atoms with Crippen LogP contribution in [0.1, 0.15) is 38.5 Å². The van der Waals surface area contributed by atoms with E-state index in [1.807, 2.05) is 9.80 Å². The number of sulfone groups is 1. The summed E-state index contributed by atoms with van der Waals surface area (Å²) in [6.07, 6.45) is 4.52. The molecule has 3 rings (SSSR count). The maximum Gasteiger partial charge on any atom is 0.237 e. The summed E-state index contributed by atoms with van der Waals surface area (Å²) in [6.45, 7) is 0.458. The third-order valence-electron chi connectivity index (χ3n) is 5.66. The zero-order valence-corrected chi connectivity index (χ0v) is 14.8. The molecule has 0 aromatic carbocycles. The first kappa shape index (κ1) is 18.1. The molecule has 2 saturated heterocycles. The second-order valence-electron chi connectivity index (χ2n) is 7.45. The fraction of sp³-hybridized carbons (Fsp3) is 0.938. The molecule has 3 atom stereocenters. The Bertz CT molecular complexity index is 561. The van der Waals surface area contributed by atoms with Crippen LogP contribution in [0.3, 0.4) is 0 Å². The normalized spacial score (nSPS) is 34.0. The lowest BCUT2D eigenvalue weighted by Gasteiger charge is -2.36. The van der Waals surface area contributed by atoms with Gasteiger partial charge in [0.05, 0.1) is 30.8 Å². The number of carbonyl (C=O) groups is 1. The number of rotatable bonds is 5. The van der Waals surface area contributed by atoms with Crippen LogP contribution in [-0.2, 0) is 14.6 Å². The van der Waals surface area contributed by atoms with Gasteiger partial charge in [0.25, 0.3) is 0 Å². The molecule has 1 saturated carbocycles. The first-order chi connectivity index (χ1) is 11.4. The second-order valence-corrected chi connectivity index (χ2v) is 9.68. The lowest BCUT2D eigenvalue weighted by Crippen LogP contribution is -2.51. The standard InChI is InChI=1S/C16H28N2O5S/c19-10-14-7-15(20)8-17(14)9-16(21)18(12-3-1-2-4-12)13-5-6-24(22,23)11-13/h12-15,19-20H,1-11H2/t13-,14+,15+/m0/s1. The molecule has 0 spiro atoms. The molecule has 1 amide bonds. The Morgan fingerprint density at radius 3 is 2.46 bits per heavy atom. The van der Waals surface area contributed by atoms with E-state index in [0.29, 0.717) is 19.4 Å². The smallest absolute Gasteiger partial charge is 0.237 e. The highest BCUT2D eigenvalue weighted by molar-refractivity contribution is 7.91. The van der Waals surface area contributed by atoms with E-state index < -0.39 is 15.9 Å². The number of aliphatic hydroxyl groups excluding tert-OH is 2. The van der Waals surface area contributed by atoms with Gasteiger partial charge in [-0.1, -0.05) is 12.8 Å². The molecule has 0 bridgehead atoms. The summed E-state index contributed by atoms with van der Waals surface area (Å²) in [7, 11) is -3.04. The predicted molar refractivity (Wildman–Crippen MR) is 89.2 cm³/mol. The zero-order chi connectivity index (χ0) is 17.3. The van der Waals surface area contributed by atoms with Crippen LogP contribution in [0.25, 0.3) is 0 Å². The fourth-order valence-electron chi connectivity index (χ4n) is 4.48. The van der Waals surface area contributed by atoms with Crippen molar-refractivity contribution in [2.45, 2.75) is 62.8 Å². The fourth-order valence-corrected chi connectivity index (χ4v) is 6.19. The lowest BCUT2D eigenvalue weighted by atomic mass is 10.1. The average molecular weight is 360 g/mol. The monoisotopic (exact) mass is 360 g/mol. The number of likely N-dealkylation sites (tertiary alicyclic amines) is 1. The van der Waals surface area contributed by atoms with E-state index in [1.165, 1.54) is 0 Å². The molecule has 2 heterocycles. The van der Waals surface area contributed by atoms with Gasteiger partial charge in [-0.3, -0.25) is 9.69 Å². The van der Waals surface area contributed by atoms with E-state index in [1.54, 1.807) is 0 Å². The summed E-state index contributed by atoms with van der Waals surface area (Å²) >= 11 is 0. The summed E-state index contributed by atoms with van der Waals surface area (Å²) in [5.41, 5.74) is 0. The highest BCUT2D eigenvalue weighted by Gasteiger charge is 2.40. The molecule has 7 nitrogen and oxygen atoms in total. The van der Waals surface area contributed by atoms with Crippen molar-refractivity contribution in [2.75, 3.05) is 31.2 Å². The Morgan fingerprint density at radius 1 is 1.17 bits per heavy atom. The summed E-state index contributed by atoms with van der Waals surface area (Å²) in [6, 6.07) is -0.275. The Hall–Kier alpha value is -0.700. The number of carbonyl (C=O) groups excluding carboxylic acids is 1. The van der Waals surface area contributed by atoms with Gasteiger partial charge in [0.15, 0.2) is 9.84 Å². The van der Waals surface area contributed by atoms with Crippen molar-refractivity contribution in [1.82, 2.24) is 9.80 Å². The van der Waals surface area contributed by atoms with Crippen molar-refractivity contribution in [3.05, 3.63) is 0 Å². The highest BCUT2D eigenvalue weighted by Crippen LogP contribution is 2.30. The minimum absolute atomic E-state index is 0.0587. The van der Waals surface area contributed by atoms with Gasteiger partial charge in [0.1, 0.15) is 0 Å². The van der Waals surface area contributed by atoms with Gasteiger partial charge >= 0.3 is 0 Å². The largest absolute Gasteiger partial charge is 0.395 e. The van der Waals surface area contributed by atoms with Crippen LogP contribution < -0.4 is 0 Å². The summed E-state index contributed by atoms with van der Waals surface area (Å²) < 4.78 is 23.7. The minimum Gasteiger partial charge on any atom is -0.395 e. The van der Waals surface area contributed by atoms with E-state index in [4.69, 9.17) is 0 Å². The van der Waals surface area contributed by atoms with Crippen molar-refractivity contribution in [3.63, 3.8) is 0 Å². The first-order valence-corrected chi connectivity index (χ1v) is 10.8. The van der Waals surface area contributed by atoms with Crippen LogP contribution in [0.15, 0.2) is 0 Å². The molecule has 3 fully saturated rings. The van der Waals surface area contributed by atoms with E-state index in [0.717, 1.165) is 25.7 Å². The Labute approximate surface area is 143 Å². The van der Waals surface area contributed by atoms with Crippen LogP contribution in [-0.4, -0.2) is 89.8 Å². The molecule has 1 aliphatic carbocycles. The molecule has 138 valence electrons. The molecule has 0 aromatic rings. The third kappa shape index (κ3) is 3.92. The minimum atomic E-state index is -3.04. The Morgan fingerprint density at radius 2 is 1.88 bits per heavy atom. The number of hydrogen-bond donors (Lipinski definition) is 2. The topological polar surface area (TPSA) is 98.2 Å².